The van der Waals surface area contributed by atoms with E-state index in [0.29, 0.717) is 4.64 Å². The van der Waals surface area contributed by atoms with E-state index in [9.17, 15) is 0 Å². The molecule has 2 heterocycles. The van der Waals surface area contributed by atoms with E-state index in [2.05, 4.69) is 34.0 Å². The predicted octanol–water partition coefficient (Wildman–Crippen LogP) is 2.46. The Bertz CT molecular complexity index is 538. The lowest BCUT2D eigenvalue weighted by molar-refractivity contribution is 0.833. The fourth-order valence-corrected chi connectivity index (χ4v) is 1.60. The first-order valence-corrected chi connectivity index (χ1v) is 5.27. The third-order valence-electron chi connectivity index (χ3n) is 2.13. The molecule has 0 aliphatic heterocycles. The molecule has 5 heteroatoms. The number of fused-ring (bicyclic) bond motifs is 1. The average Bonchev–Trinajstić information content (AvgIpc) is 2.64. The van der Waals surface area contributed by atoms with Crippen molar-refractivity contribution in [1.82, 2.24) is 19.5 Å². The number of H-pyrrole nitrogens is 1. The molecule has 0 aromatic carbocycles. The van der Waals surface area contributed by atoms with E-state index in [0.717, 1.165) is 24.1 Å². The van der Waals surface area contributed by atoms with Crippen LogP contribution in [0.5, 0.6) is 0 Å². The van der Waals surface area contributed by atoms with Gasteiger partial charge in [0.2, 0.25) is 0 Å². The normalized spacial score (nSPS) is 11.5. The van der Waals surface area contributed by atoms with Crippen molar-refractivity contribution in [2.45, 2.75) is 19.9 Å². The Morgan fingerprint density at radius 2 is 2.33 bits per heavy atom. The molecule has 1 N–H and O–H groups in total. The van der Waals surface area contributed by atoms with Crippen molar-refractivity contribution in [2.24, 2.45) is 0 Å². The molecule has 78 valence electrons. The topological polar surface area (TPSA) is 46.5 Å². The highest BCUT2D eigenvalue weighted by Crippen LogP contribution is 2.09. The van der Waals surface area contributed by atoms with E-state index in [4.69, 9.17) is 12.2 Å². The van der Waals surface area contributed by atoms with Crippen LogP contribution in [0, 0.1) is 4.64 Å². The molecule has 2 rings (SSSR count). The van der Waals surface area contributed by atoms with Gasteiger partial charge in [0.1, 0.15) is 11.2 Å². The van der Waals surface area contributed by atoms with Gasteiger partial charge in [-0.15, -0.1) is 0 Å². The van der Waals surface area contributed by atoms with Gasteiger partial charge in [0.25, 0.3) is 0 Å². The summed E-state index contributed by atoms with van der Waals surface area (Å²) in [6.45, 7) is 2.92. The van der Waals surface area contributed by atoms with Crippen molar-refractivity contribution in [3.05, 3.63) is 29.4 Å². The fourth-order valence-electron chi connectivity index (χ4n) is 1.40. The van der Waals surface area contributed by atoms with E-state index in [-0.39, 0.29) is 0 Å². The highest BCUT2D eigenvalue weighted by atomic mass is 32.1. The summed E-state index contributed by atoms with van der Waals surface area (Å²) in [5.41, 5.74) is 1.69. The van der Waals surface area contributed by atoms with Crippen molar-refractivity contribution in [3.63, 3.8) is 0 Å². The molecule has 0 atom stereocenters. The SMILES string of the molecule is CC/C=C\Cn1cnc2c(=S)nc[nH]c21. The van der Waals surface area contributed by atoms with Crippen LogP contribution in [-0.2, 0) is 6.54 Å². The first-order chi connectivity index (χ1) is 7.33. The maximum Gasteiger partial charge on any atom is 0.157 e. The summed E-state index contributed by atoms with van der Waals surface area (Å²) in [4.78, 5) is 11.3. The van der Waals surface area contributed by atoms with Crippen LogP contribution < -0.4 is 0 Å². The summed E-state index contributed by atoms with van der Waals surface area (Å²) >= 11 is 5.08. The first-order valence-electron chi connectivity index (χ1n) is 4.86. The Kier molecular flexibility index (Phi) is 2.91. The second-order valence-electron chi connectivity index (χ2n) is 3.18. The summed E-state index contributed by atoms with van der Waals surface area (Å²) in [6, 6.07) is 0. The molecule has 2 aromatic heterocycles. The lowest BCUT2D eigenvalue weighted by Gasteiger charge is -1.98. The molecular weight excluding hydrogens is 208 g/mol. The number of aromatic nitrogens is 4. The fraction of sp³-hybridized carbons (Fsp3) is 0.300. The van der Waals surface area contributed by atoms with Gasteiger partial charge in [-0.25, -0.2) is 9.97 Å². The Balaban J connectivity index is 2.41. The Hall–Kier alpha value is -1.49. The average molecular weight is 220 g/mol. The van der Waals surface area contributed by atoms with Crippen molar-refractivity contribution >= 4 is 23.4 Å². The van der Waals surface area contributed by atoms with Crippen LogP contribution in [0.2, 0.25) is 0 Å². The van der Waals surface area contributed by atoms with Crippen molar-refractivity contribution in [2.75, 3.05) is 0 Å². The summed E-state index contributed by atoms with van der Waals surface area (Å²) in [6.07, 6.45) is 8.66. The minimum Gasteiger partial charge on any atom is -0.330 e. The predicted molar refractivity (Wildman–Crippen MR) is 62.1 cm³/mol. The number of imidazole rings is 1. The Morgan fingerprint density at radius 3 is 3.13 bits per heavy atom. The molecule has 15 heavy (non-hydrogen) atoms. The first kappa shape index (κ1) is 10.0. The zero-order valence-corrected chi connectivity index (χ0v) is 9.29. The van der Waals surface area contributed by atoms with Gasteiger partial charge in [-0.1, -0.05) is 31.3 Å². The van der Waals surface area contributed by atoms with E-state index in [1.165, 1.54) is 0 Å². The van der Waals surface area contributed by atoms with Crippen LogP contribution in [0.15, 0.2) is 24.8 Å². The van der Waals surface area contributed by atoms with E-state index < -0.39 is 0 Å². The molecule has 0 fully saturated rings. The Morgan fingerprint density at radius 1 is 1.47 bits per heavy atom. The molecule has 0 unspecified atom stereocenters. The molecule has 0 bridgehead atoms. The molecule has 0 saturated heterocycles. The molecule has 0 spiro atoms. The van der Waals surface area contributed by atoms with Gasteiger partial charge in [0.15, 0.2) is 4.64 Å². The number of allylic oxidation sites excluding steroid dienone is 2. The highest BCUT2D eigenvalue weighted by molar-refractivity contribution is 7.71. The minimum absolute atomic E-state index is 0.543. The molecular formula is C10H12N4S. The third kappa shape index (κ3) is 1.97. The van der Waals surface area contributed by atoms with Crippen LogP contribution in [-0.4, -0.2) is 19.5 Å². The molecule has 0 aliphatic carbocycles. The second kappa shape index (κ2) is 4.35. The highest BCUT2D eigenvalue weighted by Gasteiger charge is 2.02. The largest absolute Gasteiger partial charge is 0.330 e. The van der Waals surface area contributed by atoms with Gasteiger partial charge in [0, 0.05) is 6.54 Å². The number of hydrogen-bond acceptors (Lipinski definition) is 3. The third-order valence-corrected chi connectivity index (χ3v) is 2.43. The van der Waals surface area contributed by atoms with Crippen LogP contribution >= 0.6 is 12.2 Å². The summed E-state index contributed by atoms with van der Waals surface area (Å²) in [7, 11) is 0. The minimum atomic E-state index is 0.543. The number of nitrogens with zero attached hydrogens (tertiary/aromatic N) is 3. The van der Waals surface area contributed by atoms with Gasteiger partial charge in [-0.2, -0.15) is 0 Å². The summed E-state index contributed by atoms with van der Waals surface area (Å²) in [5, 5.41) is 0. The summed E-state index contributed by atoms with van der Waals surface area (Å²) < 4.78 is 2.56. The maximum atomic E-state index is 5.08. The zero-order chi connectivity index (χ0) is 10.7. The number of rotatable bonds is 3. The van der Waals surface area contributed by atoms with Crippen LogP contribution in [0.3, 0.4) is 0 Å². The van der Waals surface area contributed by atoms with E-state index >= 15 is 0 Å². The smallest absolute Gasteiger partial charge is 0.157 e. The molecule has 2 aromatic rings. The van der Waals surface area contributed by atoms with Gasteiger partial charge in [-0.05, 0) is 6.42 Å². The van der Waals surface area contributed by atoms with Crippen molar-refractivity contribution in [3.8, 4) is 0 Å². The van der Waals surface area contributed by atoms with Crippen LogP contribution in [0.4, 0.5) is 0 Å². The van der Waals surface area contributed by atoms with Gasteiger partial charge in [-0.3, -0.25) is 0 Å². The van der Waals surface area contributed by atoms with Gasteiger partial charge >= 0.3 is 0 Å². The number of aromatic amines is 1. The Labute approximate surface area is 92.7 Å². The van der Waals surface area contributed by atoms with Crippen molar-refractivity contribution < 1.29 is 0 Å². The molecule has 0 aliphatic rings. The molecule has 0 amide bonds. The maximum absolute atomic E-state index is 5.08. The monoisotopic (exact) mass is 220 g/mol. The number of hydrogen-bond donors (Lipinski definition) is 1. The van der Waals surface area contributed by atoms with Crippen LogP contribution in [0.1, 0.15) is 13.3 Å². The molecule has 0 radical (unpaired) electrons. The lowest BCUT2D eigenvalue weighted by Crippen LogP contribution is -1.94. The van der Waals surface area contributed by atoms with Gasteiger partial charge < -0.3 is 9.55 Å². The number of nitrogens with one attached hydrogen (secondary N) is 1. The van der Waals surface area contributed by atoms with E-state index in [1.54, 1.807) is 12.7 Å². The molecule has 4 nitrogen and oxygen atoms in total. The second-order valence-corrected chi connectivity index (χ2v) is 3.57. The van der Waals surface area contributed by atoms with E-state index in [1.807, 2.05) is 4.57 Å². The molecule has 0 saturated carbocycles. The lowest BCUT2D eigenvalue weighted by atomic mass is 10.4. The quantitative estimate of drug-likeness (QED) is 0.638. The zero-order valence-electron chi connectivity index (χ0n) is 8.47. The van der Waals surface area contributed by atoms with Crippen LogP contribution in [0.25, 0.3) is 11.2 Å². The summed E-state index contributed by atoms with van der Waals surface area (Å²) in [5.74, 6) is 0. The van der Waals surface area contributed by atoms with Gasteiger partial charge in [0.05, 0.1) is 12.7 Å². The standard InChI is InChI=1S/C10H12N4S/c1-2-3-4-5-14-7-13-8-9(14)11-6-12-10(8)15/h3-4,6-7H,2,5H2,1H3,(H,11,12,15)/b4-3-. The van der Waals surface area contributed by atoms with Crippen molar-refractivity contribution in [1.29, 1.82) is 0 Å².